The zero-order valence-corrected chi connectivity index (χ0v) is 13.6. The lowest BCUT2D eigenvalue weighted by Crippen LogP contribution is -1.97. The topological polar surface area (TPSA) is 43.8 Å². The number of thiophene rings is 1. The maximum Gasteiger partial charge on any atom is 0.130 e. The number of aryl methyl sites for hydroxylation is 2. The van der Waals surface area contributed by atoms with E-state index in [0.29, 0.717) is 5.82 Å². The van der Waals surface area contributed by atoms with Crippen LogP contribution in [-0.2, 0) is 7.05 Å². The van der Waals surface area contributed by atoms with Crippen molar-refractivity contribution in [3.8, 4) is 21.7 Å². The Kier molecular flexibility index (Phi) is 3.40. The van der Waals surface area contributed by atoms with Gasteiger partial charge in [-0.3, -0.25) is 4.68 Å². The molecule has 2 aromatic heterocycles. The van der Waals surface area contributed by atoms with Crippen LogP contribution in [0, 0.1) is 6.92 Å². The summed E-state index contributed by atoms with van der Waals surface area (Å²) < 4.78 is 2.80. The molecule has 0 saturated heterocycles. The first kappa shape index (κ1) is 13.4. The fourth-order valence-corrected chi connectivity index (χ4v) is 3.45. The highest BCUT2D eigenvalue weighted by molar-refractivity contribution is 9.10. The molecule has 0 saturated carbocycles. The minimum Gasteiger partial charge on any atom is -0.383 e. The average Bonchev–Trinajstić information content (AvgIpc) is 3.03. The van der Waals surface area contributed by atoms with Crippen LogP contribution in [0.2, 0.25) is 0 Å². The SMILES string of the molecule is Cc1cccc(-c2nn(C)c(N)c2-c2cccs2)c1Br. The van der Waals surface area contributed by atoms with E-state index in [0.717, 1.165) is 26.2 Å². The summed E-state index contributed by atoms with van der Waals surface area (Å²) in [5, 5.41) is 6.66. The number of hydrogen-bond donors (Lipinski definition) is 1. The third kappa shape index (κ3) is 2.07. The average molecular weight is 348 g/mol. The molecule has 3 nitrogen and oxygen atoms in total. The Labute approximate surface area is 130 Å². The Morgan fingerprint density at radius 2 is 2.05 bits per heavy atom. The van der Waals surface area contributed by atoms with E-state index in [-0.39, 0.29) is 0 Å². The standard InChI is InChI=1S/C15H14BrN3S/c1-9-5-3-6-10(13(9)16)14-12(11-7-4-8-20-11)15(17)19(2)18-14/h3-8H,17H2,1-2H3. The first-order valence-electron chi connectivity index (χ1n) is 6.21. The van der Waals surface area contributed by atoms with E-state index >= 15 is 0 Å². The van der Waals surface area contributed by atoms with Gasteiger partial charge in [-0.15, -0.1) is 11.3 Å². The minimum atomic E-state index is 0.691. The number of benzene rings is 1. The number of rotatable bonds is 2. The Bertz CT molecular complexity index is 760. The highest BCUT2D eigenvalue weighted by atomic mass is 79.9. The van der Waals surface area contributed by atoms with Crippen molar-refractivity contribution in [2.24, 2.45) is 7.05 Å². The van der Waals surface area contributed by atoms with Gasteiger partial charge in [-0.1, -0.05) is 24.3 Å². The molecule has 0 spiro atoms. The van der Waals surface area contributed by atoms with Gasteiger partial charge in [-0.2, -0.15) is 5.10 Å². The van der Waals surface area contributed by atoms with Crippen molar-refractivity contribution in [3.05, 3.63) is 45.7 Å². The van der Waals surface area contributed by atoms with Crippen LogP contribution < -0.4 is 5.73 Å². The van der Waals surface area contributed by atoms with Crippen molar-refractivity contribution < 1.29 is 0 Å². The summed E-state index contributed by atoms with van der Waals surface area (Å²) in [5.41, 5.74) is 10.4. The zero-order chi connectivity index (χ0) is 14.3. The molecule has 102 valence electrons. The second-order valence-electron chi connectivity index (χ2n) is 4.65. The van der Waals surface area contributed by atoms with Crippen LogP contribution in [0.3, 0.4) is 0 Å². The Balaban J connectivity index is 2.30. The summed E-state index contributed by atoms with van der Waals surface area (Å²) in [6.45, 7) is 2.07. The number of nitrogens with zero attached hydrogens (tertiary/aromatic N) is 2. The summed E-state index contributed by atoms with van der Waals surface area (Å²) in [6, 6.07) is 10.3. The van der Waals surface area contributed by atoms with Crippen molar-refractivity contribution in [2.75, 3.05) is 5.73 Å². The second kappa shape index (κ2) is 5.07. The van der Waals surface area contributed by atoms with Gasteiger partial charge in [0.1, 0.15) is 11.5 Å². The highest BCUT2D eigenvalue weighted by Crippen LogP contribution is 2.41. The van der Waals surface area contributed by atoms with Gasteiger partial charge in [0.25, 0.3) is 0 Å². The molecule has 2 heterocycles. The zero-order valence-electron chi connectivity index (χ0n) is 11.2. The molecule has 0 atom stereocenters. The van der Waals surface area contributed by atoms with Gasteiger partial charge in [-0.25, -0.2) is 0 Å². The molecule has 0 bridgehead atoms. The predicted octanol–water partition coefficient (Wildman–Crippen LogP) is 4.47. The predicted molar refractivity (Wildman–Crippen MR) is 88.8 cm³/mol. The van der Waals surface area contributed by atoms with E-state index in [1.165, 1.54) is 5.56 Å². The van der Waals surface area contributed by atoms with E-state index in [4.69, 9.17) is 5.73 Å². The van der Waals surface area contributed by atoms with E-state index in [9.17, 15) is 0 Å². The molecule has 3 aromatic rings. The lowest BCUT2D eigenvalue weighted by Gasteiger charge is -2.06. The number of nitrogens with two attached hydrogens (primary N) is 1. The molecular weight excluding hydrogens is 334 g/mol. The van der Waals surface area contributed by atoms with Crippen LogP contribution in [0.5, 0.6) is 0 Å². The Morgan fingerprint density at radius 1 is 1.25 bits per heavy atom. The van der Waals surface area contributed by atoms with Gasteiger partial charge in [0.2, 0.25) is 0 Å². The lowest BCUT2D eigenvalue weighted by molar-refractivity contribution is 0.782. The van der Waals surface area contributed by atoms with Crippen LogP contribution >= 0.6 is 27.3 Å². The summed E-state index contributed by atoms with van der Waals surface area (Å²) >= 11 is 5.34. The second-order valence-corrected chi connectivity index (χ2v) is 6.39. The number of aromatic nitrogens is 2. The summed E-state index contributed by atoms with van der Waals surface area (Å²) in [6.07, 6.45) is 0. The maximum atomic E-state index is 6.21. The van der Waals surface area contributed by atoms with Gasteiger partial charge in [-0.05, 0) is 39.9 Å². The van der Waals surface area contributed by atoms with Crippen molar-refractivity contribution >= 4 is 33.1 Å². The first-order chi connectivity index (χ1) is 9.59. The molecular formula is C15H14BrN3S. The number of anilines is 1. The van der Waals surface area contributed by atoms with E-state index in [1.54, 1.807) is 16.0 Å². The van der Waals surface area contributed by atoms with E-state index < -0.39 is 0 Å². The van der Waals surface area contributed by atoms with Crippen LogP contribution in [0.15, 0.2) is 40.2 Å². The number of halogens is 1. The molecule has 0 aliphatic rings. The molecule has 20 heavy (non-hydrogen) atoms. The van der Waals surface area contributed by atoms with Crippen molar-refractivity contribution in [1.29, 1.82) is 0 Å². The lowest BCUT2D eigenvalue weighted by atomic mass is 10.0. The third-order valence-electron chi connectivity index (χ3n) is 3.31. The molecule has 3 rings (SSSR count). The van der Waals surface area contributed by atoms with Crippen LogP contribution in [0.4, 0.5) is 5.82 Å². The molecule has 0 unspecified atom stereocenters. The minimum absolute atomic E-state index is 0.691. The molecule has 0 radical (unpaired) electrons. The molecule has 2 N–H and O–H groups in total. The fourth-order valence-electron chi connectivity index (χ4n) is 2.22. The first-order valence-corrected chi connectivity index (χ1v) is 7.88. The highest BCUT2D eigenvalue weighted by Gasteiger charge is 2.20. The molecule has 0 amide bonds. The van der Waals surface area contributed by atoms with Gasteiger partial charge in [0, 0.05) is 22.0 Å². The number of nitrogen functional groups attached to an aromatic ring is 1. The van der Waals surface area contributed by atoms with Crippen LogP contribution in [0.25, 0.3) is 21.7 Å². The van der Waals surface area contributed by atoms with E-state index in [2.05, 4.69) is 51.5 Å². The Hall–Kier alpha value is -1.59. The molecule has 0 aliphatic heterocycles. The summed E-state index contributed by atoms with van der Waals surface area (Å²) in [5.74, 6) is 0.691. The molecule has 0 aliphatic carbocycles. The Morgan fingerprint density at radius 3 is 2.75 bits per heavy atom. The van der Waals surface area contributed by atoms with Gasteiger partial charge in [0.15, 0.2) is 0 Å². The van der Waals surface area contributed by atoms with Gasteiger partial charge < -0.3 is 5.73 Å². The third-order valence-corrected chi connectivity index (χ3v) is 5.25. The van der Waals surface area contributed by atoms with Gasteiger partial charge in [0.05, 0.1) is 5.56 Å². The molecule has 0 fully saturated rings. The maximum absolute atomic E-state index is 6.21. The molecule has 1 aromatic carbocycles. The van der Waals surface area contributed by atoms with Crippen LogP contribution in [0.1, 0.15) is 5.56 Å². The van der Waals surface area contributed by atoms with Crippen molar-refractivity contribution in [1.82, 2.24) is 9.78 Å². The van der Waals surface area contributed by atoms with E-state index in [1.807, 2.05) is 19.2 Å². The van der Waals surface area contributed by atoms with Gasteiger partial charge >= 0.3 is 0 Å². The van der Waals surface area contributed by atoms with Crippen LogP contribution in [-0.4, -0.2) is 9.78 Å². The fraction of sp³-hybridized carbons (Fsp3) is 0.133. The summed E-state index contributed by atoms with van der Waals surface area (Å²) in [7, 11) is 1.87. The largest absolute Gasteiger partial charge is 0.383 e. The quantitative estimate of drug-likeness (QED) is 0.743. The monoisotopic (exact) mass is 347 g/mol. The molecule has 5 heteroatoms. The number of hydrogen-bond acceptors (Lipinski definition) is 3. The normalized spacial score (nSPS) is 10.9. The smallest absolute Gasteiger partial charge is 0.130 e. The van der Waals surface area contributed by atoms with Crippen molar-refractivity contribution in [2.45, 2.75) is 6.92 Å². The van der Waals surface area contributed by atoms with Crippen molar-refractivity contribution in [3.63, 3.8) is 0 Å². The summed E-state index contributed by atoms with van der Waals surface area (Å²) in [4.78, 5) is 1.14.